The summed E-state index contributed by atoms with van der Waals surface area (Å²) in [5.41, 5.74) is 3.50. The maximum Gasteiger partial charge on any atom is 1.00 e. The number of carbonyl (C=O) groups is 3. The molecule has 82 heavy (non-hydrogen) atoms. The Kier molecular flexibility index (Phi) is 27.0. The molecule has 0 bridgehead atoms. The Labute approximate surface area is 524 Å². The molecule has 5 heterocycles. The molecule has 20 heteroatoms. The Morgan fingerprint density at radius 1 is 0.646 bits per heavy atom. The Morgan fingerprint density at radius 3 is 1.71 bits per heavy atom. The Morgan fingerprint density at radius 2 is 1.20 bits per heavy atom. The average Bonchev–Trinajstić information content (AvgIpc) is 3.65. The van der Waals surface area contributed by atoms with Crippen LogP contribution in [0.5, 0.6) is 11.5 Å². The first kappa shape index (κ1) is 68.1. The van der Waals surface area contributed by atoms with Gasteiger partial charge in [-0.2, -0.15) is 0 Å². The number of H-pyrrole nitrogens is 3. The smallest absolute Gasteiger partial charge is 0.543 e. The number of piperidine rings is 1. The number of hydrogen-bond donors (Lipinski definition) is 8. The van der Waals surface area contributed by atoms with Gasteiger partial charge in [0.15, 0.2) is 16.3 Å². The first-order valence-corrected chi connectivity index (χ1v) is 26.8. The number of unbranched alkanes of at least 4 members (excludes halogenated alkanes) is 6. The Bertz CT molecular complexity index is 3580. The molecule has 0 amide bonds. The molecule has 420 valence electrons. The molecule has 17 nitrogen and oxygen atoms in total. The third kappa shape index (κ3) is 16.9. The summed E-state index contributed by atoms with van der Waals surface area (Å²) in [5.74, 6) is -3.88. The topological polar surface area (TPSA) is 301 Å². The SMILES string of the molecule is CCCCCCc1cccc2c(=O)cc(C(=O)[O-])[nH]c12.CCCCCCc1cccc2c(=O)cc(C(=O)[O-])[nH]c12.Cl.O=C(O)C1=Nc2c(O)cccc2C(O)(C2CCCCN2)C1.O=c1cc[nH]c2c(O)c(-c3ccccc3)ccc12.[Na+].[Na+]. The molecule has 10 rings (SSSR count). The zero-order chi connectivity index (χ0) is 56.6. The number of nitrogens with zero attached hydrogens (tertiary/aromatic N) is 1. The largest absolute Gasteiger partial charge is 1.00 e. The van der Waals surface area contributed by atoms with Crippen molar-refractivity contribution in [2.24, 2.45) is 4.99 Å². The molecule has 5 aromatic carbocycles. The van der Waals surface area contributed by atoms with Crippen LogP contribution in [-0.2, 0) is 23.2 Å². The summed E-state index contributed by atoms with van der Waals surface area (Å²) in [6, 6.07) is 32.2. The van der Waals surface area contributed by atoms with E-state index >= 15 is 0 Å². The van der Waals surface area contributed by atoms with Gasteiger partial charge in [0.05, 0.1) is 39.9 Å². The van der Waals surface area contributed by atoms with Gasteiger partial charge in [0.25, 0.3) is 0 Å². The van der Waals surface area contributed by atoms with Crippen LogP contribution >= 0.6 is 12.4 Å². The maximum atomic E-state index is 11.9. The van der Waals surface area contributed by atoms with Gasteiger partial charge in [-0.15, -0.1) is 12.4 Å². The quantitative estimate of drug-likeness (QED) is 0.0542. The summed E-state index contributed by atoms with van der Waals surface area (Å²) < 4.78 is 0. The molecule has 8 N–H and O–H groups in total. The van der Waals surface area contributed by atoms with E-state index < -0.39 is 23.5 Å². The fourth-order valence-corrected chi connectivity index (χ4v) is 10.1. The number of phenols is 2. The van der Waals surface area contributed by atoms with Gasteiger partial charge in [-0.25, -0.2) is 9.79 Å². The third-order valence-corrected chi connectivity index (χ3v) is 14.2. The van der Waals surface area contributed by atoms with E-state index in [4.69, 9.17) is 0 Å². The predicted molar refractivity (Wildman–Crippen MR) is 309 cm³/mol. The van der Waals surface area contributed by atoms with E-state index in [1.165, 1.54) is 37.8 Å². The minimum atomic E-state index is -1.36. The van der Waals surface area contributed by atoms with Crippen molar-refractivity contribution in [3.63, 3.8) is 0 Å². The summed E-state index contributed by atoms with van der Waals surface area (Å²) in [6.45, 7) is 5.10. The molecule has 0 radical (unpaired) electrons. The Balaban J connectivity index is 0.000000232. The number of aliphatic carboxylic acids is 1. The van der Waals surface area contributed by atoms with Crippen LogP contribution in [0.1, 0.15) is 129 Å². The van der Waals surface area contributed by atoms with Crippen LogP contribution in [0.3, 0.4) is 0 Å². The molecule has 0 aliphatic carbocycles. The standard InChI is InChI=1S/2C16H19NO3.C15H18N2O4.C15H11NO2.ClH.2Na/c2*1-2-3-4-5-7-11-8-6-9-12-14(18)10-13(16(19)20)17-15(11)12;18-11-5-3-4-9-13(11)17-10(14(19)20)8-15(9,21)12-6-1-2-7-16-12;17-13-8-9-16-14-12(13)7-6-11(15(14)18)10-4-2-1-3-5-10;;;/h2*6,8-10H,2-5,7H2,1H3,(H,17,18)(H,19,20);3-5,12,16,18,21H,1-2,6-8H2,(H,19,20);1-9,18H,(H,16,17);1H;;/q;;;;;2*+1/p-2. The number of carbonyl (C=O) groups excluding carboxylic acids is 2. The van der Waals surface area contributed by atoms with E-state index in [2.05, 4.69) is 39.1 Å². The summed E-state index contributed by atoms with van der Waals surface area (Å²) in [4.78, 5) is 81.2. The first-order chi connectivity index (χ1) is 38.1. The van der Waals surface area contributed by atoms with Gasteiger partial charge in [-0.05, 0) is 92.1 Å². The number of aromatic amines is 3. The second-order valence-corrected chi connectivity index (χ2v) is 19.7. The van der Waals surface area contributed by atoms with Gasteiger partial charge in [-0.3, -0.25) is 14.4 Å². The van der Waals surface area contributed by atoms with Crippen molar-refractivity contribution < 1.29 is 104 Å². The summed E-state index contributed by atoms with van der Waals surface area (Å²) in [6.07, 6.45) is 15.0. The molecule has 2 aliphatic heterocycles. The van der Waals surface area contributed by atoms with Gasteiger partial charge < -0.3 is 60.5 Å². The van der Waals surface area contributed by atoms with Gasteiger partial charge in [0.1, 0.15) is 28.5 Å². The minimum Gasteiger partial charge on any atom is -0.543 e. The monoisotopic (exact) mass is 1150 g/mol. The molecule has 2 atom stereocenters. The molecular formula is C62H66ClN5Na2O12. The van der Waals surface area contributed by atoms with E-state index in [9.17, 15) is 59.4 Å². The molecule has 3 aromatic heterocycles. The van der Waals surface area contributed by atoms with E-state index in [0.717, 1.165) is 93.2 Å². The molecule has 0 spiro atoms. The number of rotatable bonds is 15. The molecular weight excluding hydrogens is 1090 g/mol. The van der Waals surface area contributed by atoms with Crippen molar-refractivity contribution in [1.29, 1.82) is 0 Å². The van der Waals surface area contributed by atoms with Crippen molar-refractivity contribution in [1.82, 2.24) is 20.3 Å². The number of aromatic nitrogens is 3. The van der Waals surface area contributed by atoms with Crippen LogP contribution in [0.2, 0.25) is 0 Å². The predicted octanol–water partition coefficient (Wildman–Crippen LogP) is 2.64. The number of carboxylic acids is 3. The summed E-state index contributed by atoms with van der Waals surface area (Å²) in [7, 11) is 0. The van der Waals surface area contributed by atoms with Crippen molar-refractivity contribution in [3.8, 4) is 22.6 Å². The molecule has 8 aromatic rings. The van der Waals surface area contributed by atoms with Crippen LogP contribution in [0, 0.1) is 0 Å². The van der Waals surface area contributed by atoms with Crippen LogP contribution in [0.4, 0.5) is 5.69 Å². The molecule has 0 saturated carbocycles. The van der Waals surface area contributed by atoms with Gasteiger partial charge >= 0.3 is 65.1 Å². The second-order valence-electron chi connectivity index (χ2n) is 19.7. The molecule has 2 aliphatic rings. The number of halogens is 1. The molecule has 1 fully saturated rings. The number of fused-ring (bicyclic) bond motifs is 4. The minimum absolute atomic E-state index is 0. The molecule has 1 saturated heterocycles. The number of nitrogens with one attached hydrogen (secondary N) is 4. The van der Waals surface area contributed by atoms with E-state index in [1.807, 2.05) is 54.6 Å². The fraction of sp³-hybridized carbons (Fsp3) is 0.306. The van der Waals surface area contributed by atoms with E-state index in [0.29, 0.717) is 43.8 Å². The number of aryl methyl sites for hydroxylation is 2. The number of benzene rings is 5. The number of carboxylic acid groups (broad SMARTS) is 3. The zero-order valence-electron chi connectivity index (χ0n) is 46.6. The number of phenolic OH excluding ortho intramolecular Hbond substituents is 2. The fourth-order valence-electron chi connectivity index (χ4n) is 10.1. The van der Waals surface area contributed by atoms with Crippen LogP contribution in [-0.4, -0.2) is 71.6 Å². The number of hydrogen-bond acceptors (Lipinski definition) is 13. The maximum absolute atomic E-state index is 11.9. The van der Waals surface area contributed by atoms with Crippen LogP contribution in [0.25, 0.3) is 43.8 Å². The van der Waals surface area contributed by atoms with Crippen molar-refractivity contribution >= 4 is 74.4 Å². The van der Waals surface area contributed by atoms with Crippen molar-refractivity contribution in [2.45, 2.75) is 115 Å². The van der Waals surface area contributed by atoms with E-state index in [-0.39, 0.29) is 135 Å². The number of aliphatic imine (C=N–C) groups is 1. The molecule has 2 unspecified atom stereocenters. The number of aromatic hydroxyl groups is 2. The normalized spacial score (nSPS) is 15.0. The average molecular weight is 1150 g/mol. The summed E-state index contributed by atoms with van der Waals surface area (Å²) in [5, 5.41) is 67.3. The zero-order valence-corrected chi connectivity index (χ0v) is 51.5. The van der Waals surface area contributed by atoms with Crippen molar-refractivity contribution in [2.75, 3.05) is 6.54 Å². The van der Waals surface area contributed by atoms with Gasteiger partial charge in [-0.1, -0.05) is 126 Å². The van der Waals surface area contributed by atoms with Gasteiger partial charge in [0, 0.05) is 64.1 Å². The van der Waals surface area contributed by atoms with Crippen LogP contribution in [0.15, 0.2) is 141 Å². The number of para-hydroxylation sites is 3. The number of pyridine rings is 3. The summed E-state index contributed by atoms with van der Waals surface area (Å²) >= 11 is 0. The third-order valence-electron chi connectivity index (χ3n) is 14.2. The number of aromatic carboxylic acids is 2. The van der Waals surface area contributed by atoms with Crippen LogP contribution < -0.4 is 90.9 Å². The van der Waals surface area contributed by atoms with E-state index in [1.54, 1.807) is 42.6 Å². The Hall–Kier alpha value is -6.38. The first-order valence-electron chi connectivity index (χ1n) is 26.8. The van der Waals surface area contributed by atoms with Gasteiger partial charge in [0.2, 0.25) is 0 Å². The number of aliphatic hydroxyl groups is 1. The second kappa shape index (κ2) is 32.5. The van der Waals surface area contributed by atoms with Crippen molar-refractivity contribution in [3.05, 3.63) is 180 Å².